The van der Waals surface area contributed by atoms with Crippen LogP contribution in [0.15, 0.2) is 77.7 Å². The minimum absolute atomic E-state index is 0.0951. The summed E-state index contributed by atoms with van der Waals surface area (Å²) in [5.41, 5.74) is 2.14. The molecule has 2 heterocycles. The smallest absolute Gasteiger partial charge is 0.270 e. The summed E-state index contributed by atoms with van der Waals surface area (Å²) in [7, 11) is -3.86. The van der Waals surface area contributed by atoms with E-state index in [1.54, 1.807) is 42.9 Å². The van der Waals surface area contributed by atoms with Gasteiger partial charge in [0.1, 0.15) is 0 Å². The normalized spacial score (nSPS) is 11.3. The highest BCUT2D eigenvalue weighted by Gasteiger charge is 2.21. The van der Waals surface area contributed by atoms with Crippen LogP contribution in [0.4, 0.5) is 5.13 Å². The van der Waals surface area contributed by atoms with Gasteiger partial charge in [0, 0.05) is 30.2 Å². The molecule has 0 unspecified atom stereocenters. The molecule has 0 fully saturated rings. The third-order valence-electron chi connectivity index (χ3n) is 4.10. The van der Waals surface area contributed by atoms with Gasteiger partial charge in [-0.1, -0.05) is 41.7 Å². The molecule has 2 aromatic heterocycles. The van der Waals surface area contributed by atoms with Gasteiger partial charge in [0.05, 0.1) is 6.33 Å². The largest absolute Gasteiger partial charge is 0.306 e. The molecule has 30 heavy (non-hydrogen) atoms. The predicted molar refractivity (Wildman–Crippen MR) is 112 cm³/mol. The molecule has 0 bridgehead atoms. The van der Waals surface area contributed by atoms with Gasteiger partial charge in [0.15, 0.2) is 0 Å². The first kappa shape index (κ1) is 19.9. The Morgan fingerprint density at radius 3 is 2.50 bits per heavy atom. The highest BCUT2D eigenvalue weighted by molar-refractivity contribution is 7.91. The predicted octanol–water partition coefficient (Wildman–Crippen LogP) is 2.45. The maximum Gasteiger partial charge on any atom is 0.270 e. The number of amides is 1. The molecule has 0 aliphatic carbocycles. The lowest BCUT2D eigenvalue weighted by molar-refractivity contribution is 0.102. The molecule has 4 rings (SSSR count). The number of anilines is 1. The van der Waals surface area contributed by atoms with E-state index in [1.165, 1.54) is 0 Å². The average molecular weight is 441 g/mol. The van der Waals surface area contributed by atoms with Crippen LogP contribution in [0, 0.1) is 0 Å². The van der Waals surface area contributed by atoms with Gasteiger partial charge in [0.2, 0.25) is 9.47 Å². The van der Waals surface area contributed by atoms with Crippen LogP contribution in [0.25, 0.3) is 5.69 Å². The van der Waals surface area contributed by atoms with Crippen molar-refractivity contribution in [2.75, 3.05) is 5.32 Å². The molecular weight excluding hydrogens is 424 g/mol. The van der Waals surface area contributed by atoms with Crippen LogP contribution in [0.2, 0.25) is 0 Å². The van der Waals surface area contributed by atoms with Crippen LogP contribution in [0.1, 0.15) is 15.9 Å². The molecular formula is C19H16N6O3S2. The van der Waals surface area contributed by atoms with Gasteiger partial charge in [-0.25, -0.2) is 18.1 Å². The molecule has 2 N–H and O–H groups in total. The lowest BCUT2D eigenvalue weighted by atomic mass is 10.2. The van der Waals surface area contributed by atoms with Gasteiger partial charge in [-0.3, -0.25) is 10.1 Å². The van der Waals surface area contributed by atoms with E-state index >= 15 is 0 Å². The van der Waals surface area contributed by atoms with Crippen molar-refractivity contribution in [3.05, 3.63) is 84.4 Å². The fourth-order valence-corrected chi connectivity index (χ4v) is 4.52. The molecule has 0 spiro atoms. The molecule has 2 aromatic carbocycles. The third kappa shape index (κ3) is 4.59. The molecule has 0 aliphatic heterocycles. The number of carbonyl (C=O) groups is 1. The number of nitrogens with zero attached hydrogens (tertiary/aromatic N) is 4. The van der Waals surface area contributed by atoms with Gasteiger partial charge in [-0.05, 0) is 29.8 Å². The molecule has 0 atom stereocenters. The van der Waals surface area contributed by atoms with E-state index in [2.05, 4.69) is 25.2 Å². The van der Waals surface area contributed by atoms with E-state index in [4.69, 9.17) is 0 Å². The summed E-state index contributed by atoms with van der Waals surface area (Å²) in [6.45, 7) is 0.0951. The van der Waals surface area contributed by atoms with Crippen LogP contribution in [-0.2, 0) is 16.6 Å². The quantitative estimate of drug-likeness (QED) is 0.426. The highest BCUT2D eigenvalue weighted by Crippen LogP contribution is 2.21. The van der Waals surface area contributed by atoms with E-state index < -0.39 is 10.0 Å². The summed E-state index contributed by atoms with van der Waals surface area (Å²) >= 11 is 0.784. The second-order valence-electron chi connectivity index (χ2n) is 6.15. The molecule has 1 amide bonds. The first-order chi connectivity index (χ1) is 14.5. The van der Waals surface area contributed by atoms with Crippen LogP contribution < -0.4 is 10.0 Å². The Hall–Kier alpha value is -3.41. The fraction of sp³-hybridized carbons (Fsp3) is 0.0526. The first-order valence-electron chi connectivity index (χ1n) is 8.78. The fourth-order valence-electron chi connectivity index (χ4n) is 2.57. The van der Waals surface area contributed by atoms with E-state index in [0.717, 1.165) is 22.6 Å². The zero-order chi connectivity index (χ0) is 21.0. The summed E-state index contributed by atoms with van der Waals surface area (Å²) in [4.78, 5) is 16.1. The average Bonchev–Trinajstić information content (AvgIpc) is 3.46. The minimum Gasteiger partial charge on any atom is -0.306 e. The van der Waals surface area contributed by atoms with Crippen molar-refractivity contribution in [2.45, 2.75) is 10.9 Å². The van der Waals surface area contributed by atoms with Gasteiger partial charge in [-0.15, -0.1) is 10.2 Å². The summed E-state index contributed by atoms with van der Waals surface area (Å²) in [6, 6.07) is 15.9. The molecule has 0 radical (unpaired) electrons. The van der Waals surface area contributed by atoms with Crippen molar-refractivity contribution in [2.24, 2.45) is 0 Å². The van der Waals surface area contributed by atoms with E-state index in [1.807, 2.05) is 35.0 Å². The Bertz CT molecular complexity index is 1240. The monoisotopic (exact) mass is 440 g/mol. The van der Waals surface area contributed by atoms with Gasteiger partial charge in [-0.2, -0.15) is 0 Å². The number of sulfonamides is 1. The number of nitrogens with one attached hydrogen (secondary N) is 2. The molecule has 152 valence electrons. The number of hydrogen-bond acceptors (Lipinski definition) is 7. The number of aromatic nitrogens is 4. The minimum atomic E-state index is -3.86. The molecule has 0 saturated heterocycles. The van der Waals surface area contributed by atoms with E-state index in [-0.39, 0.29) is 21.9 Å². The molecule has 0 aliphatic rings. The Morgan fingerprint density at radius 2 is 1.80 bits per heavy atom. The van der Waals surface area contributed by atoms with Gasteiger partial charge < -0.3 is 4.57 Å². The number of rotatable bonds is 7. The van der Waals surface area contributed by atoms with Crippen molar-refractivity contribution in [3.63, 3.8) is 0 Å². The summed E-state index contributed by atoms with van der Waals surface area (Å²) in [5.74, 6) is -0.387. The van der Waals surface area contributed by atoms with Crippen molar-refractivity contribution >= 4 is 32.4 Å². The number of hydrogen-bond donors (Lipinski definition) is 2. The van der Waals surface area contributed by atoms with Crippen molar-refractivity contribution in [3.8, 4) is 5.69 Å². The van der Waals surface area contributed by atoms with Crippen molar-refractivity contribution in [1.82, 2.24) is 24.5 Å². The van der Waals surface area contributed by atoms with Crippen LogP contribution in [0.5, 0.6) is 0 Å². The van der Waals surface area contributed by atoms with Crippen LogP contribution in [-0.4, -0.2) is 34.1 Å². The molecule has 9 nitrogen and oxygen atoms in total. The maximum atomic E-state index is 12.5. The lowest BCUT2D eigenvalue weighted by Gasteiger charge is -2.06. The summed E-state index contributed by atoms with van der Waals surface area (Å²) < 4.78 is 29.1. The Morgan fingerprint density at radius 1 is 1.03 bits per heavy atom. The summed E-state index contributed by atoms with van der Waals surface area (Å²) in [6.07, 6.45) is 5.18. The Kier molecular flexibility index (Phi) is 5.65. The second-order valence-corrected chi connectivity index (χ2v) is 9.07. The van der Waals surface area contributed by atoms with Gasteiger partial charge >= 0.3 is 0 Å². The molecule has 0 saturated carbocycles. The zero-order valence-electron chi connectivity index (χ0n) is 15.5. The van der Waals surface area contributed by atoms with E-state index in [0.29, 0.717) is 5.56 Å². The van der Waals surface area contributed by atoms with Crippen LogP contribution >= 0.6 is 11.3 Å². The lowest BCUT2D eigenvalue weighted by Crippen LogP contribution is -2.23. The second kappa shape index (κ2) is 8.53. The topological polar surface area (TPSA) is 119 Å². The number of carbonyl (C=O) groups excluding carboxylic acids is 1. The van der Waals surface area contributed by atoms with E-state index in [9.17, 15) is 13.2 Å². The van der Waals surface area contributed by atoms with Gasteiger partial charge in [0.25, 0.3) is 15.9 Å². The molecule has 4 aromatic rings. The standard InChI is InChI=1S/C19H16N6O3S2/c26-17(15-4-2-1-3-5-15)22-18-23-24-19(29-18)30(27,28)21-12-14-6-8-16(9-7-14)25-11-10-20-13-25/h1-11,13,21H,12H2,(H,22,23,26). The van der Waals surface area contributed by atoms with Crippen molar-refractivity contribution in [1.29, 1.82) is 0 Å². The van der Waals surface area contributed by atoms with Crippen molar-refractivity contribution < 1.29 is 13.2 Å². The van der Waals surface area contributed by atoms with Crippen LogP contribution in [0.3, 0.4) is 0 Å². The SMILES string of the molecule is O=C(Nc1nnc(S(=O)(=O)NCc2ccc(-n3ccnc3)cc2)s1)c1ccccc1. The highest BCUT2D eigenvalue weighted by atomic mass is 32.2. The summed E-state index contributed by atoms with van der Waals surface area (Å²) in [5, 5.41) is 10.1. The zero-order valence-corrected chi connectivity index (χ0v) is 17.1. The molecule has 11 heteroatoms. The Labute approximate surface area is 176 Å². The number of imidazole rings is 1. The maximum absolute atomic E-state index is 12.5. The Balaban J connectivity index is 1.39. The number of benzene rings is 2. The first-order valence-corrected chi connectivity index (χ1v) is 11.1. The third-order valence-corrected chi connectivity index (χ3v) is 6.71.